The molecule has 110 valence electrons. The van der Waals surface area contributed by atoms with Gasteiger partial charge in [-0.1, -0.05) is 39.0 Å². The lowest BCUT2D eigenvalue weighted by atomic mass is 9.96. The van der Waals surface area contributed by atoms with Gasteiger partial charge in [0.25, 0.3) is 5.91 Å². The Hall–Kier alpha value is -1.43. The number of hydrogen-bond acceptors (Lipinski definition) is 4. The summed E-state index contributed by atoms with van der Waals surface area (Å²) in [5, 5.41) is 5.84. The van der Waals surface area contributed by atoms with E-state index in [1.54, 1.807) is 7.05 Å². The van der Waals surface area contributed by atoms with Crippen molar-refractivity contribution in [2.75, 3.05) is 12.4 Å². The minimum absolute atomic E-state index is 0.0368. The van der Waals surface area contributed by atoms with Crippen molar-refractivity contribution in [3.8, 4) is 0 Å². The summed E-state index contributed by atoms with van der Waals surface area (Å²) < 4.78 is 0. The van der Waals surface area contributed by atoms with E-state index in [1.807, 2.05) is 6.92 Å². The molecule has 0 bridgehead atoms. The molecular weight excluding hydrogens is 274 g/mol. The topological polar surface area (TPSA) is 71.1 Å². The zero-order valence-electron chi connectivity index (χ0n) is 12.7. The van der Waals surface area contributed by atoms with Crippen molar-refractivity contribution in [1.82, 2.24) is 10.3 Å². The van der Waals surface area contributed by atoms with Gasteiger partial charge >= 0.3 is 0 Å². The predicted molar refractivity (Wildman–Crippen MR) is 79.8 cm³/mol. The normalized spacial score (nSPS) is 21.1. The van der Waals surface area contributed by atoms with E-state index >= 15 is 0 Å². The average molecular weight is 295 g/mol. The van der Waals surface area contributed by atoms with Gasteiger partial charge < -0.3 is 10.6 Å². The van der Waals surface area contributed by atoms with Gasteiger partial charge in [-0.3, -0.25) is 9.59 Å². The third-order valence-corrected chi connectivity index (χ3v) is 6.54. The van der Waals surface area contributed by atoms with Crippen molar-refractivity contribution in [3.63, 3.8) is 0 Å². The van der Waals surface area contributed by atoms with Crippen LogP contribution in [0.2, 0.25) is 0 Å². The van der Waals surface area contributed by atoms with Crippen molar-refractivity contribution in [2.45, 2.75) is 34.6 Å². The Kier molecular flexibility index (Phi) is 3.20. The number of nitrogens with zero attached hydrogens (tertiary/aromatic N) is 1. The van der Waals surface area contributed by atoms with Gasteiger partial charge in [-0.05, 0) is 17.8 Å². The number of anilines is 1. The molecule has 0 spiro atoms. The summed E-state index contributed by atoms with van der Waals surface area (Å²) in [6.07, 6.45) is 1.48. The first kappa shape index (κ1) is 15.0. The molecule has 2 N–H and O–H groups in total. The number of rotatable bonds is 3. The minimum Gasteiger partial charge on any atom is -0.354 e. The number of thiazole rings is 1. The van der Waals surface area contributed by atoms with E-state index in [0.29, 0.717) is 10.0 Å². The van der Waals surface area contributed by atoms with Crippen LogP contribution < -0.4 is 10.6 Å². The van der Waals surface area contributed by atoms with Crippen LogP contribution in [0.25, 0.3) is 0 Å². The fourth-order valence-corrected chi connectivity index (χ4v) is 3.70. The van der Waals surface area contributed by atoms with Crippen molar-refractivity contribution < 1.29 is 9.59 Å². The Balaban J connectivity index is 2.14. The SMILES string of the molecule is CNC(=O)c1cnc(NC(=O)C2(C)C(C)(C)C2(C)C)s1. The van der Waals surface area contributed by atoms with Crippen LogP contribution in [-0.2, 0) is 4.79 Å². The van der Waals surface area contributed by atoms with Crippen LogP contribution in [0, 0.1) is 16.2 Å². The van der Waals surface area contributed by atoms with Crippen LogP contribution >= 0.6 is 11.3 Å². The fourth-order valence-electron chi connectivity index (χ4n) is 2.94. The third kappa shape index (κ3) is 1.70. The molecule has 5 nitrogen and oxygen atoms in total. The molecule has 0 saturated heterocycles. The van der Waals surface area contributed by atoms with Crippen molar-refractivity contribution >= 4 is 28.3 Å². The molecule has 1 aliphatic rings. The van der Waals surface area contributed by atoms with E-state index in [-0.39, 0.29) is 22.6 Å². The molecule has 0 radical (unpaired) electrons. The molecule has 6 heteroatoms. The first-order valence-corrected chi connectivity index (χ1v) is 7.40. The minimum atomic E-state index is -0.432. The van der Waals surface area contributed by atoms with E-state index in [9.17, 15) is 9.59 Å². The Morgan fingerprint density at radius 3 is 2.15 bits per heavy atom. The Morgan fingerprint density at radius 2 is 1.70 bits per heavy atom. The van der Waals surface area contributed by atoms with Gasteiger partial charge in [0.1, 0.15) is 4.88 Å². The second kappa shape index (κ2) is 4.28. The molecule has 2 rings (SSSR count). The maximum atomic E-state index is 12.5. The smallest absolute Gasteiger partial charge is 0.262 e. The first-order chi connectivity index (χ1) is 9.09. The predicted octanol–water partition coefficient (Wildman–Crippen LogP) is 2.51. The number of nitrogens with one attached hydrogen (secondary N) is 2. The summed E-state index contributed by atoms with van der Waals surface area (Å²) in [5.41, 5.74) is -0.561. The standard InChI is InChI=1S/C14H21N3O2S/c1-12(2)13(3,4)14(12,5)10(19)17-11-16-7-8(20-11)9(18)15-6/h7H,1-6H3,(H,15,18)(H,16,17,19). The molecule has 1 fully saturated rings. The summed E-state index contributed by atoms with van der Waals surface area (Å²) in [6.45, 7) is 10.4. The molecule has 1 aromatic heterocycles. The summed E-state index contributed by atoms with van der Waals surface area (Å²) >= 11 is 1.18. The maximum absolute atomic E-state index is 12.5. The van der Waals surface area contributed by atoms with Gasteiger partial charge in [0.05, 0.1) is 11.6 Å². The largest absolute Gasteiger partial charge is 0.354 e. The molecule has 1 heterocycles. The van der Waals surface area contributed by atoms with Gasteiger partial charge in [-0.15, -0.1) is 0 Å². The number of carbonyl (C=O) groups excluding carboxylic acids is 2. The summed E-state index contributed by atoms with van der Waals surface area (Å²) in [6, 6.07) is 0. The van der Waals surface area contributed by atoms with Gasteiger partial charge in [-0.2, -0.15) is 0 Å². The highest BCUT2D eigenvalue weighted by Crippen LogP contribution is 2.77. The van der Waals surface area contributed by atoms with E-state index in [2.05, 4.69) is 43.3 Å². The Bertz CT molecular complexity index is 561. The fraction of sp³-hybridized carbons (Fsp3) is 0.643. The molecule has 20 heavy (non-hydrogen) atoms. The quantitative estimate of drug-likeness (QED) is 0.900. The molecule has 2 amide bonds. The number of amides is 2. The molecular formula is C14H21N3O2S. The van der Waals surface area contributed by atoms with Gasteiger partial charge in [-0.25, -0.2) is 4.98 Å². The zero-order valence-corrected chi connectivity index (χ0v) is 13.6. The van der Waals surface area contributed by atoms with Gasteiger partial charge in [0, 0.05) is 7.05 Å². The van der Waals surface area contributed by atoms with Crippen LogP contribution in [0.5, 0.6) is 0 Å². The zero-order chi connectivity index (χ0) is 15.3. The van der Waals surface area contributed by atoms with E-state index in [0.717, 1.165) is 0 Å². The van der Waals surface area contributed by atoms with Gasteiger partial charge in [0.2, 0.25) is 5.91 Å². The maximum Gasteiger partial charge on any atom is 0.262 e. The van der Waals surface area contributed by atoms with E-state index < -0.39 is 5.41 Å². The number of aromatic nitrogens is 1. The monoisotopic (exact) mass is 295 g/mol. The summed E-state index contributed by atoms with van der Waals surface area (Å²) in [5.74, 6) is -0.230. The lowest BCUT2D eigenvalue weighted by molar-refractivity contribution is -0.122. The molecule has 0 atom stereocenters. The molecule has 1 aromatic rings. The average Bonchev–Trinajstić information content (AvgIpc) is 2.78. The molecule has 1 aliphatic carbocycles. The van der Waals surface area contributed by atoms with E-state index in [1.165, 1.54) is 17.5 Å². The molecule has 1 saturated carbocycles. The van der Waals surface area contributed by atoms with Gasteiger partial charge in [0.15, 0.2) is 5.13 Å². The highest BCUT2D eigenvalue weighted by molar-refractivity contribution is 7.17. The van der Waals surface area contributed by atoms with Crippen molar-refractivity contribution in [1.29, 1.82) is 0 Å². The third-order valence-electron chi connectivity index (χ3n) is 5.63. The highest BCUT2D eigenvalue weighted by Gasteiger charge is 2.78. The Morgan fingerprint density at radius 1 is 1.15 bits per heavy atom. The molecule has 0 unspecified atom stereocenters. The molecule has 0 aliphatic heterocycles. The van der Waals surface area contributed by atoms with E-state index in [4.69, 9.17) is 0 Å². The highest BCUT2D eigenvalue weighted by atomic mass is 32.1. The van der Waals surface area contributed by atoms with Crippen LogP contribution in [-0.4, -0.2) is 23.8 Å². The first-order valence-electron chi connectivity index (χ1n) is 6.59. The lowest BCUT2D eigenvalue weighted by Gasteiger charge is -2.14. The lowest BCUT2D eigenvalue weighted by Crippen LogP contribution is -2.27. The van der Waals surface area contributed by atoms with Crippen molar-refractivity contribution in [3.05, 3.63) is 11.1 Å². The van der Waals surface area contributed by atoms with Crippen LogP contribution in [0.15, 0.2) is 6.20 Å². The van der Waals surface area contributed by atoms with Crippen LogP contribution in [0.4, 0.5) is 5.13 Å². The van der Waals surface area contributed by atoms with Crippen LogP contribution in [0.3, 0.4) is 0 Å². The second-order valence-corrected chi connectivity index (χ2v) is 7.47. The number of carbonyl (C=O) groups is 2. The second-order valence-electron chi connectivity index (χ2n) is 6.44. The number of hydrogen-bond donors (Lipinski definition) is 2. The van der Waals surface area contributed by atoms with Crippen molar-refractivity contribution in [2.24, 2.45) is 16.2 Å². The summed E-state index contributed by atoms with van der Waals surface area (Å²) in [4.78, 5) is 28.6. The van der Waals surface area contributed by atoms with Crippen LogP contribution in [0.1, 0.15) is 44.3 Å². The molecule has 0 aromatic carbocycles. The summed E-state index contributed by atoms with van der Waals surface area (Å²) in [7, 11) is 1.57. The Labute approximate surface area is 123 Å².